The maximum Gasteiger partial charge on any atom is 0 e. The molecule has 42 valence electrons. The SMILES string of the molecule is S=[C-]c1ccccc1.[Cd]. The normalized spacial score (nSPS) is 7.56. The van der Waals surface area contributed by atoms with Gasteiger partial charge >= 0.3 is 0 Å². The molecule has 0 saturated heterocycles. The van der Waals surface area contributed by atoms with Crippen molar-refractivity contribution >= 4 is 17.6 Å². The van der Waals surface area contributed by atoms with E-state index in [1.54, 1.807) is 0 Å². The van der Waals surface area contributed by atoms with Gasteiger partial charge in [0.2, 0.25) is 0 Å². The Morgan fingerprint density at radius 2 is 1.67 bits per heavy atom. The van der Waals surface area contributed by atoms with E-state index in [9.17, 15) is 0 Å². The average Bonchev–Trinajstić information content (AvgIpc) is 1.90. The summed E-state index contributed by atoms with van der Waals surface area (Å²) >= 11 is 4.57. The summed E-state index contributed by atoms with van der Waals surface area (Å²) in [6.45, 7) is 0. The van der Waals surface area contributed by atoms with Gasteiger partial charge in [0.15, 0.2) is 0 Å². The molecule has 0 fully saturated rings. The number of hydrogen-bond donors (Lipinski definition) is 0. The van der Waals surface area contributed by atoms with Crippen LogP contribution < -0.4 is 0 Å². The monoisotopic (exact) mass is 235 g/mol. The topological polar surface area (TPSA) is 0 Å². The van der Waals surface area contributed by atoms with Crippen LogP contribution in [0.25, 0.3) is 0 Å². The Morgan fingerprint density at radius 1 is 1.11 bits per heavy atom. The Morgan fingerprint density at radius 3 is 2.00 bits per heavy atom. The van der Waals surface area contributed by atoms with Gasteiger partial charge in [-0.15, -0.1) is 17.5 Å². The van der Waals surface area contributed by atoms with Crippen molar-refractivity contribution in [2.75, 3.05) is 0 Å². The van der Waals surface area contributed by atoms with Crippen LogP contribution in [0, 0.1) is 0 Å². The van der Waals surface area contributed by atoms with Crippen LogP contribution in [-0.2, 0) is 27.3 Å². The molecule has 1 rings (SSSR count). The van der Waals surface area contributed by atoms with Gasteiger partial charge in [0.1, 0.15) is 0 Å². The molecule has 0 aliphatic rings. The van der Waals surface area contributed by atoms with Crippen molar-refractivity contribution in [3.05, 3.63) is 35.9 Å². The summed E-state index contributed by atoms with van der Waals surface area (Å²) in [6, 6.07) is 9.68. The van der Waals surface area contributed by atoms with Gasteiger partial charge in [0.25, 0.3) is 0 Å². The van der Waals surface area contributed by atoms with Gasteiger partial charge in [-0.25, -0.2) is 0 Å². The van der Waals surface area contributed by atoms with E-state index in [0.717, 1.165) is 5.56 Å². The summed E-state index contributed by atoms with van der Waals surface area (Å²) in [7, 11) is 0. The zero-order valence-corrected chi connectivity index (χ0v) is 9.85. The summed E-state index contributed by atoms with van der Waals surface area (Å²) in [4.78, 5) is 0. The van der Waals surface area contributed by atoms with Crippen LogP contribution in [0.1, 0.15) is 5.56 Å². The zero-order chi connectivity index (χ0) is 5.82. The minimum atomic E-state index is 0. The van der Waals surface area contributed by atoms with Gasteiger partial charge in [-0.3, -0.25) is 0 Å². The fourth-order valence-electron chi connectivity index (χ4n) is 0.506. The van der Waals surface area contributed by atoms with E-state index in [1.807, 2.05) is 30.3 Å². The molecule has 1 aromatic carbocycles. The molecular weight excluding hydrogens is 229 g/mol. The smallest absolute Gasteiger partial charge is 0 e. The zero-order valence-electron chi connectivity index (χ0n) is 5.00. The minimum absolute atomic E-state index is 0. The molecule has 0 radical (unpaired) electrons. The number of hydrogen-bond acceptors (Lipinski definition) is 1. The molecule has 0 bridgehead atoms. The van der Waals surface area contributed by atoms with Crippen LogP contribution in [0.3, 0.4) is 0 Å². The largest absolute Gasteiger partial charge is 0.181 e. The van der Waals surface area contributed by atoms with Crippen LogP contribution >= 0.6 is 12.2 Å². The predicted octanol–water partition coefficient (Wildman–Crippen LogP) is 1.91. The number of benzene rings is 1. The van der Waals surface area contributed by atoms with Crippen molar-refractivity contribution in [2.24, 2.45) is 0 Å². The van der Waals surface area contributed by atoms with E-state index in [2.05, 4.69) is 17.6 Å². The standard InChI is InChI=1S/C7H5S.Cd/c8-6-7-4-2-1-3-5-7;/h1-5H;/q-1;. The third-order valence-corrected chi connectivity index (χ3v) is 1.13. The number of rotatable bonds is 1. The van der Waals surface area contributed by atoms with Crippen LogP contribution in [0.5, 0.6) is 0 Å². The van der Waals surface area contributed by atoms with Crippen molar-refractivity contribution in [3.63, 3.8) is 0 Å². The van der Waals surface area contributed by atoms with Crippen molar-refractivity contribution in [1.82, 2.24) is 0 Å². The molecule has 0 amide bonds. The Bertz CT molecular complexity index is 172. The first-order chi connectivity index (χ1) is 3.93. The van der Waals surface area contributed by atoms with Crippen molar-refractivity contribution in [3.8, 4) is 0 Å². The summed E-state index contributed by atoms with van der Waals surface area (Å²) in [6.07, 6.45) is 0. The third-order valence-electron chi connectivity index (χ3n) is 0.892. The van der Waals surface area contributed by atoms with Crippen LogP contribution in [0.2, 0.25) is 0 Å². The summed E-state index contributed by atoms with van der Waals surface area (Å²) in [5.41, 5.74) is 0.975. The first-order valence-corrected chi connectivity index (χ1v) is 2.77. The second kappa shape index (κ2) is 5.05. The summed E-state index contributed by atoms with van der Waals surface area (Å²) < 4.78 is 0. The minimum Gasteiger partial charge on any atom is -0.181 e. The van der Waals surface area contributed by atoms with E-state index in [-0.39, 0.29) is 27.3 Å². The van der Waals surface area contributed by atoms with Crippen molar-refractivity contribution in [2.45, 2.75) is 0 Å². The van der Waals surface area contributed by atoms with Gasteiger partial charge in [-0.05, 0) is 0 Å². The maximum atomic E-state index is 4.57. The number of thiocarbonyl (C=S) groups is 1. The van der Waals surface area contributed by atoms with Crippen LogP contribution in [0.15, 0.2) is 30.3 Å². The second-order valence-electron chi connectivity index (χ2n) is 1.47. The molecule has 0 nitrogen and oxygen atoms in total. The predicted molar refractivity (Wildman–Crippen MR) is 38.1 cm³/mol. The first kappa shape index (κ1) is 9.23. The first-order valence-electron chi connectivity index (χ1n) is 2.36. The van der Waals surface area contributed by atoms with Crippen LogP contribution in [-0.4, -0.2) is 5.37 Å². The molecule has 1 aromatic rings. The molecule has 0 aliphatic heterocycles. The molecule has 0 atom stereocenters. The van der Waals surface area contributed by atoms with E-state index >= 15 is 0 Å². The van der Waals surface area contributed by atoms with E-state index in [4.69, 9.17) is 0 Å². The van der Waals surface area contributed by atoms with Gasteiger partial charge in [0, 0.05) is 27.3 Å². The Hall–Kier alpha value is 0.232. The van der Waals surface area contributed by atoms with Gasteiger partial charge in [-0.2, -0.15) is 29.9 Å². The van der Waals surface area contributed by atoms with E-state index in [0.29, 0.717) is 0 Å². The third kappa shape index (κ3) is 3.05. The van der Waals surface area contributed by atoms with E-state index in [1.165, 1.54) is 0 Å². The maximum absolute atomic E-state index is 4.57. The molecule has 0 unspecified atom stereocenters. The fraction of sp³-hybridized carbons (Fsp3) is 0. The molecule has 0 N–H and O–H groups in total. The molecule has 9 heavy (non-hydrogen) atoms. The molecule has 0 aromatic heterocycles. The molecular formula is C7H5CdS-. The fourth-order valence-corrected chi connectivity index (χ4v) is 0.642. The second-order valence-corrected chi connectivity index (χ2v) is 1.67. The van der Waals surface area contributed by atoms with Gasteiger partial charge < -0.3 is 0 Å². The van der Waals surface area contributed by atoms with Crippen LogP contribution in [0.4, 0.5) is 0 Å². The summed E-state index contributed by atoms with van der Waals surface area (Å²) in [5, 5.41) is 2.61. The van der Waals surface area contributed by atoms with Crippen molar-refractivity contribution < 1.29 is 27.3 Å². The van der Waals surface area contributed by atoms with Gasteiger partial charge in [-0.1, -0.05) is 6.07 Å². The molecule has 0 spiro atoms. The molecule has 0 saturated carbocycles. The summed E-state index contributed by atoms with van der Waals surface area (Å²) in [5.74, 6) is 0. The van der Waals surface area contributed by atoms with Crippen molar-refractivity contribution in [1.29, 1.82) is 0 Å². The molecule has 2 heteroatoms. The van der Waals surface area contributed by atoms with Gasteiger partial charge in [0.05, 0.1) is 0 Å². The quantitative estimate of drug-likeness (QED) is 0.406. The average molecular weight is 234 g/mol. The Balaban J connectivity index is 0.000000640. The Labute approximate surface area is 80.4 Å². The molecule has 0 heterocycles. The van der Waals surface area contributed by atoms with E-state index < -0.39 is 0 Å². The molecule has 0 aliphatic carbocycles. The Kier molecular flexibility index (Phi) is 5.18.